The summed E-state index contributed by atoms with van der Waals surface area (Å²) in [7, 11) is 0. The van der Waals surface area contributed by atoms with Gasteiger partial charge in [-0.15, -0.1) is 0 Å². The summed E-state index contributed by atoms with van der Waals surface area (Å²) in [6, 6.07) is 0. The zero-order valence-corrected chi connectivity index (χ0v) is 10.8. The first kappa shape index (κ1) is 14.1. The summed E-state index contributed by atoms with van der Waals surface area (Å²) in [6.07, 6.45) is 2.57. The van der Waals surface area contributed by atoms with Crippen LogP contribution in [0.25, 0.3) is 0 Å². The Hall–Kier alpha value is -2.29. The second kappa shape index (κ2) is 6.75. The Morgan fingerprint density at radius 1 is 1.40 bits per heavy atom. The van der Waals surface area contributed by atoms with E-state index in [1.54, 1.807) is 4.90 Å². The lowest BCUT2D eigenvalue weighted by molar-refractivity contribution is -0.385. The molecule has 0 atom stereocenters. The normalized spacial score (nSPS) is 14.9. The van der Waals surface area contributed by atoms with Crippen LogP contribution in [0.3, 0.4) is 0 Å². The molecule has 1 fully saturated rings. The monoisotopic (exact) mass is 281 g/mol. The summed E-state index contributed by atoms with van der Waals surface area (Å²) >= 11 is 0. The number of morpholine rings is 1. The Labute approximate surface area is 115 Å². The summed E-state index contributed by atoms with van der Waals surface area (Å²) in [5.41, 5.74) is -0.167. The molecule has 1 amide bonds. The van der Waals surface area contributed by atoms with Crippen molar-refractivity contribution in [1.82, 2.24) is 14.9 Å². The van der Waals surface area contributed by atoms with Crippen LogP contribution in [0.1, 0.15) is 6.42 Å². The number of amides is 1. The highest BCUT2D eigenvalue weighted by molar-refractivity contribution is 5.76. The van der Waals surface area contributed by atoms with E-state index in [1.165, 1.54) is 0 Å². The third kappa shape index (κ3) is 3.85. The topological polar surface area (TPSA) is 110 Å². The van der Waals surface area contributed by atoms with Gasteiger partial charge in [-0.2, -0.15) is 0 Å². The highest BCUT2D eigenvalue weighted by Crippen LogP contribution is 2.08. The lowest BCUT2D eigenvalue weighted by atomic mass is 10.3. The van der Waals surface area contributed by atoms with Gasteiger partial charge in [0.25, 0.3) is 0 Å². The molecular formula is C11H15N5O4. The molecule has 0 saturated carbocycles. The van der Waals surface area contributed by atoms with Crippen LogP contribution in [0.5, 0.6) is 0 Å². The molecule has 0 aliphatic carbocycles. The van der Waals surface area contributed by atoms with Crippen molar-refractivity contribution in [2.45, 2.75) is 6.42 Å². The molecule has 1 aliphatic rings. The molecule has 9 heteroatoms. The summed E-state index contributed by atoms with van der Waals surface area (Å²) in [6.45, 7) is 2.77. The second-order valence-electron chi connectivity index (χ2n) is 4.19. The van der Waals surface area contributed by atoms with Crippen molar-refractivity contribution in [2.24, 2.45) is 0 Å². The zero-order chi connectivity index (χ0) is 14.4. The smallest absolute Gasteiger partial charge is 0.305 e. The van der Waals surface area contributed by atoms with Crippen LogP contribution in [0.15, 0.2) is 12.4 Å². The molecule has 9 nitrogen and oxygen atoms in total. The van der Waals surface area contributed by atoms with Crippen molar-refractivity contribution >= 4 is 17.5 Å². The van der Waals surface area contributed by atoms with E-state index < -0.39 is 4.92 Å². The minimum absolute atomic E-state index is 0.0442. The summed E-state index contributed by atoms with van der Waals surface area (Å²) < 4.78 is 5.17. The molecule has 0 bridgehead atoms. The number of nitrogens with one attached hydrogen (secondary N) is 1. The SMILES string of the molecule is O=C(CCNc1ncc([N+](=O)[O-])cn1)N1CCOCC1. The summed E-state index contributed by atoms with van der Waals surface area (Å²) in [5.74, 6) is 0.313. The highest BCUT2D eigenvalue weighted by Gasteiger charge is 2.16. The Morgan fingerprint density at radius 3 is 2.65 bits per heavy atom. The lowest BCUT2D eigenvalue weighted by Gasteiger charge is -2.26. The number of nitro groups is 1. The van der Waals surface area contributed by atoms with E-state index in [4.69, 9.17) is 4.74 Å². The summed E-state index contributed by atoms with van der Waals surface area (Å²) in [5, 5.41) is 13.3. The van der Waals surface area contributed by atoms with Gasteiger partial charge < -0.3 is 15.0 Å². The molecule has 0 aromatic carbocycles. The third-order valence-electron chi connectivity index (χ3n) is 2.83. The van der Waals surface area contributed by atoms with Gasteiger partial charge >= 0.3 is 5.69 Å². The minimum Gasteiger partial charge on any atom is -0.378 e. The van der Waals surface area contributed by atoms with Crippen molar-refractivity contribution in [3.63, 3.8) is 0 Å². The van der Waals surface area contributed by atoms with Crippen molar-refractivity contribution in [3.8, 4) is 0 Å². The quantitative estimate of drug-likeness (QED) is 0.599. The second-order valence-corrected chi connectivity index (χ2v) is 4.19. The van der Waals surface area contributed by atoms with Gasteiger partial charge in [-0.1, -0.05) is 0 Å². The van der Waals surface area contributed by atoms with E-state index in [9.17, 15) is 14.9 Å². The molecule has 2 rings (SSSR count). The Morgan fingerprint density at radius 2 is 2.05 bits per heavy atom. The first-order valence-electron chi connectivity index (χ1n) is 6.22. The number of carbonyl (C=O) groups is 1. The molecule has 0 radical (unpaired) electrons. The van der Waals surface area contributed by atoms with E-state index in [0.717, 1.165) is 12.4 Å². The van der Waals surface area contributed by atoms with Crippen molar-refractivity contribution in [1.29, 1.82) is 0 Å². The van der Waals surface area contributed by atoms with Gasteiger partial charge in [0.05, 0.1) is 18.1 Å². The number of hydrogen-bond donors (Lipinski definition) is 1. The van der Waals surface area contributed by atoms with Crippen LogP contribution in [-0.4, -0.2) is 58.5 Å². The van der Waals surface area contributed by atoms with E-state index in [1.807, 2.05) is 0 Å². The van der Waals surface area contributed by atoms with Crippen LogP contribution in [0.4, 0.5) is 11.6 Å². The zero-order valence-electron chi connectivity index (χ0n) is 10.8. The maximum absolute atomic E-state index is 11.8. The fourth-order valence-electron chi connectivity index (χ4n) is 1.76. The summed E-state index contributed by atoms with van der Waals surface area (Å²) in [4.78, 5) is 31.1. The van der Waals surface area contributed by atoms with Gasteiger partial charge in [0, 0.05) is 26.1 Å². The van der Waals surface area contributed by atoms with Crippen LogP contribution >= 0.6 is 0 Å². The molecule has 0 spiro atoms. The molecule has 1 N–H and O–H groups in total. The van der Waals surface area contributed by atoms with Crippen LogP contribution in [-0.2, 0) is 9.53 Å². The van der Waals surface area contributed by atoms with Gasteiger partial charge in [-0.3, -0.25) is 14.9 Å². The van der Waals surface area contributed by atoms with E-state index in [2.05, 4.69) is 15.3 Å². The van der Waals surface area contributed by atoms with Crippen LogP contribution in [0.2, 0.25) is 0 Å². The standard InChI is InChI=1S/C11H15N5O4/c17-10(15-3-5-20-6-4-15)1-2-12-11-13-7-9(8-14-11)16(18)19/h7-8H,1-6H2,(H,12,13,14). The van der Waals surface area contributed by atoms with E-state index in [-0.39, 0.29) is 17.5 Å². The molecule has 20 heavy (non-hydrogen) atoms. The van der Waals surface area contributed by atoms with E-state index >= 15 is 0 Å². The van der Waals surface area contributed by atoms with Crippen molar-refractivity contribution in [3.05, 3.63) is 22.5 Å². The predicted molar refractivity (Wildman–Crippen MR) is 69.2 cm³/mol. The largest absolute Gasteiger partial charge is 0.378 e. The fourth-order valence-corrected chi connectivity index (χ4v) is 1.76. The molecule has 108 valence electrons. The van der Waals surface area contributed by atoms with Crippen LogP contribution in [0, 0.1) is 10.1 Å². The van der Waals surface area contributed by atoms with Crippen LogP contribution < -0.4 is 5.32 Å². The minimum atomic E-state index is -0.564. The Kier molecular flexibility index (Phi) is 4.77. The number of aromatic nitrogens is 2. The van der Waals surface area contributed by atoms with E-state index in [0.29, 0.717) is 39.3 Å². The lowest BCUT2D eigenvalue weighted by Crippen LogP contribution is -2.41. The molecular weight excluding hydrogens is 266 g/mol. The van der Waals surface area contributed by atoms with Gasteiger partial charge in [-0.05, 0) is 0 Å². The number of hydrogen-bond acceptors (Lipinski definition) is 7. The van der Waals surface area contributed by atoms with Crippen molar-refractivity contribution < 1.29 is 14.5 Å². The first-order valence-corrected chi connectivity index (χ1v) is 6.22. The average molecular weight is 281 g/mol. The molecule has 1 aliphatic heterocycles. The fraction of sp³-hybridized carbons (Fsp3) is 0.545. The van der Waals surface area contributed by atoms with Gasteiger partial charge in [0.15, 0.2) is 0 Å². The molecule has 2 heterocycles. The highest BCUT2D eigenvalue weighted by atomic mass is 16.6. The van der Waals surface area contributed by atoms with Gasteiger partial charge in [-0.25, -0.2) is 9.97 Å². The third-order valence-corrected chi connectivity index (χ3v) is 2.83. The Bertz CT molecular complexity index is 472. The maximum atomic E-state index is 11.8. The number of rotatable bonds is 5. The molecule has 1 saturated heterocycles. The number of ether oxygens (including phenoxy) is 1. The number of nitrogens with zero attached hydrogens (tertiary/aromatic N) is 4. The van der Waals surface area contributed by atoms with Crippen molar-refractivity contribution in [2.75, 3.05) is 38.2 Å². The number of carbonyl (C=O) groups excluding carboxylic acids is 1. The number of anilines is 1. The molecule has 1 aromatic heterocycles. The molecule has 1 aromatic rings. The maximum Gasteiger partial charge on any atom is 0.305 e. The van der Waals surface area contributed by atoms with Gasteiger partial charge in [0.1, 0.15) is 12.4 Å². The molecule has 0 unspecified atom stereocenters. The Balaban J connectivity index is 1.74. The first-order chi connectivity index (χ1) is 9.66. The predicted octanol–water partition coefficient (Wildman–Crippen LogP) is 0.0456. The average Bonchev–Trinajstić information content (AvgIpc) is 2.48. The van der Waals surface area contributed by atoms with Gasteiger partial charge in [0.2, 0.25) is 11.9 Å².